The van der Waals surface area contributed by atoms with Gasteiger partial charge in [-0.25, -0.2) is 4.79 Å². The molecule has 0 bridgehead atoms. The number of nitrogens with zero attached hydrogens (tertiary/aromatic N) is 1. The first kappa shape index (κ1) is 38.1. The van der Waals surface area contributed by atoms with E-state index in [0.29, 0.717) is 26.2 Å². The van der Waals surface area contributed by atoms with Crippen molar-refractivity contribution in [3.05, 3.63) is 12.2 Å². The van der Waals surface area contributed by atoms with Crippen molar-refractivity contribution in [1.82, 2.24) is 20.9 Å². The highest BCUT2D eigenvalue weighted by Crippen LogP contribution is 2.34. The number of urea groups is 1. The predicted octanol–water partition coefficient (Wildman–Crippen LogP) is 6.61. The second-order valence-electron chi connectivity index (χ2n) is 13.9. The molecular formula is C35H64N4O5. The van der Waals surface area contributed by atoms with Gasteiger partial charge >= 0.3 is 6.03 Å². The maximum absolute atomic E-state index is 12.8. The summed E-state index contributed by atoms with van der Waals surface area (Å²) >= 11 is 0. The Kier molecular flexibility index (Phi) is 18.0. The highest BCUT2D eigenvalue weighted by Gasteiger charge is 2.45. The fourth-order valence-corrected chi connectivity index (χ4v) is 5.77. The van der Waals surface area contributed by atoms with Gasteiger partial charge in [-0.2, -0.15) is 0 Å². The third-order valence-corrected chi connectivity index (χ3v) is 8.69. The second kappa shape index (κ2) is 20.8. The summed E-state index contributed by atoms with van der Waals surface area (Å²) in [5.41, 5.74) is -0.450. The van der Waals surface area contributed by atoms with E-state index in [4.69, 9.17) is 9.47 Å². The van der Waals surface area contributed by atoms with Crippen molar-refractivity contribution in [2.24, 2.45) is 5.41 Å². The number of ether oxygens (including phenoxy) is 2. The van der Waals surface area contributed by atoms with Crippen LogP contribution in [0.2, 0.25) is 0 Å². The third kappa shape index (κ3) is 15.7. The lowest BCUT2D eigenvalue weighted by Crippen LogP contribution is -2.56. The second-order valence-corrected chi connectivity index (χ2v) is 13.9. The smallest absolute Gasteiger partial charge is 0.315 e. The van der Waals surface area contributed by atoms with Crippen LogP contribution in [-0.4, -0.2) is 73.5 Å². The van der Waals surface area contributed by atoms with Crippen LogP contribution in [0.3, 0.4) is 0 Å². The number of amides is 4. The summed E-state index contributed by atoms with van der Waals surface area (Å²) < 4.78 is 11.6. The molecule has 3 N–H and O–H groups in total. The number of hydrogen-bond donors (Lipinski definition) is 3. The lowest BCUT2D eigenvalue weighted by Gasteiger charge is -2.44. The summed E-state index contributed by atoms with van der Waals surface area (Å²) in [6.45, 7) is 12.3. The standard InChI is InChI=1S/C35H64N4O5/c1-6-7-8-9-10-11-12-13-14-15-16-17-18-19-20-24-37-33(42)38-29-22-26-39(27-23-29)30(40)21-25-36-32(41)31-34(2,3)28-43-35(4,5)44-31/h13-14,29,31H,6-12,15-28H2,1-5H3,(H,36,41)(H2,37,38,42). The molecule has 0 aromatic rings. The molecule has 0 aliphatic carbocycles. The minimum atomic E-state index is -0.813. The average molecular weight is 621 g/mol. The van der Waals surface area contributed by atoms with Crippen LogP contribution in [0.5, 0.6) is 0 Å². The minimum Gasteiger partial charge on any atom is -0.353 e. The highest BCUT2D eigenvalue weighted by atomic mass is 16.7. The number of likely N-dealkylation sites (tertiary alicyclic amines) is 1. The van der Waals surface area contributed by atoms with E-state index in [1.807, 2.05) is 18.7 Å². The summed E-state index contributed by atoms with van der Waals surface area (Å²) in [5, 5.41) is 8.92. The molecule has 0 aromatic heterocycles. The molecule has 2 aliphatic heterocycles. The summed E-state index contributed by atoms with van der Waals surface area (Å²) in [5.74, 6) is -1.01. The predicted molar refractivity (Wildman–Crippen MR) is 177 cm³/mol. The molecule has 9 heteroatoms. The Labute approximate surface area is 268 Å². The van der Waals surface area contributed by atoms with Crippen molar-refractivity contribution in [2.45, 2.75) is 155 Å². The summed E-state index contributed by atoms with van der Waals surface area (Å²) in [4.78, 5) is 39.6. The highest BCUT2D eigenvalue weighted by molar-refractivity contribution is 5.83. The molecule has 1 atom stereocenters. The topological polar surface area (TPSA) is 109 Å². The molecule has 2 heterocycles. The third-order valence-electron chi connectivity index (χ3n) is 8.69. The van der Waals surface area contributed by atoms with E-state index >= 15 is 0 Å². The molecular weight excluding hydrogens is 556 g/mol. The van der Waals surface area contributed by atoms with E-state index in [2.05, 4.69) is 35.0 Å². The van der Waals surface area contributed by atoms with Gasteiger partial charge in [0.2, 0.25) is 11.8 Å². The number of carbonyl (C=O) groups is 3. The maximum Gasteiger partial charge on any atom is 0.315 e. The molecule has 2 aliphatic rings. The Morgan fingerprint density at radius 2 is 1.39 bits per heavy atom. The van der Waals surface area contributed by atoms with Gasteiger partial charge < -0.3 is 30.3 Å². The molecule has 254 valence electrons. The first-order chi connectivity index (χ1) is 21.0. The van der Waals surface area contributed by atoms with Crippen molar-refractivity contribution in [3.8, 4) is 0 Å². The Bertz CT molecular complexity index is 867. The van der Waals surface area contributed by atoms with Gasteiger partial charge in [0.15, 0.2) is 5.79 Å². The monoisotopic (exact) mass is 620 g/mol. The van der Waals surface area contributed by atoms with Gasteiger partial charge in [-0.05, 0) is 58.8 Å². The van der Waals surface area contributed by atoms with Crippen molar-refractivity contribution in [1.29, 1.82) is 0 Å². The molecule has 9 nitrogen and oxygen atoms in total. The summed E-state index contributed by atoms with van der Waals surface area (Å²) in [7, 11) is 0. The fraction of sp³-hybridized carbons (Fsp3) is 0.857. The van der Waals surface area contributed by atoms with E-state index in [-0.39, 0.29) is 36.9 Å². The van der Waals surface area contributed by atoms with Gasteiger partial charge in [-0.15, -0.1) is 0 Å². The van der Waals surface area contributed by atoms with Gasteiger partial charge in [0, 0.05) is 44.1 Å². The Hall–Kier alpha value is -2.13. The van der Waals surface area contributed by atoms with Crippen molar-refractivity contribution in [3.63, 3.8) is 0 Å². The zero-order valence-electron chi connectivity index (χ0n) is 28.6. The number of allylic oxidation sites excluding steroid dienone is 2. The van der Waals surface area contributed by atoms with E-state index in [1.165, 1.54) is 70.6 Å². The number of unbranched alkanes of at least 4 members (excludes halogenated alkanes) is 11. The van der Waals surface area contributed by atoms with Crippen molar-refractivity contribution >= 4 is 17.8 Å². The molecule has 2 rings (SSSR count). The summed E-state index contributed by atoms with van der Waals surface area (Å²) in [6, 6.07) is -0.0430. The first-order valence-electron chi connectivity index (χ1n) is 17.6. The van der Waals surface area contributed by atoms with Gasteiger partial charge in [-0.1, -0.05) is 84.3 Å². The lowest BCUT2D eigenvalue weighted by molar-refractivity contribution is -0.304. The molecule has 4 amide bonds. The normalized spacial score (nSPS) is 20.0. The molecule has 1 unspecified atom stereocenters. The van der Waals surface area contributed by atoms with E-state index in [9.17, 15) is 14.4 Å². The largest absolute Gasteiger partial charge is 0.353 e. The lowest BCUT2D eigenvalue weighted by atomic mass is 9.85. The van der Waals surface area contributed by atoms with Crippen LogP contribution in [-0.2, 0) is 19.1 Å². The number of piperidine rings is 1. The number of nitrogens with one attached hydrogen (secondary N) is 3. The summed E-state index contributed by atoms with van der Waals surface area (Å²) in [6.07, 6.45) is 22.2. The van der Waals surface area contributed by atoms with Crippen LogP contribution >= 0.6 is 0 Å². The number of rotatable bonds is 20. The average Bonchev–Trinajstić information content (AvgIpc) is 2.98. The number of carbonyl (C=O) groups excluding carboxylic acids is 3. The van der Waals surface area contributed by atoms with Crippen LogP contribution in [0.15, 0.2) is 12.2 Å². The van der Waals surface area contributed by atoms with Crippen LogP contribution in [0, 0.1) is 5.41 Å². The maximum atomic E-state index is 12.8. The minimum absolute atomic E-state index is 0.0184. The molecule has 0 saturated carbocycles. The molecule has 2 fully saturated rings. The quantitative estimate of drug-likeness (QED) is 0.105. The Balaban J connectivity index is 1.45. The van der Waals surface area contributed by atoms with Gasteiger partial charge in [0.25, 0.3) is 0 Å². The zero-order chi connectivity index (χ0) is 32.3. The molecule has 2 saturated heterocycles. The Morgan fingerprint density at radius 3 is 2.02 bits per heavy atom. The van der Waals surface area contributed by atoms with Crippen LogP contribution in [0.25, 0.3) is 0 Å². The molecule has 0 aromatic carbocycles. The van der Waals surface area contributed by atoms with E-state index in [1.54, 1.807) is 13.8 Å². The first-order valence-corrected chi connectivity index (χ1v) is 17.6. The van der Waals surface area contributed by atoms with Gasteiger partial charge in [-0.3, -0.25) is 9.59 Å². The van der Waals surface area contributed by atoms with Crippen LogP contribution in [0.1, 0.15) is 137 Å². The molecule has 0 radical (unpaired) electrons. The van der Waals surface area contributed by atoms with Gasteiger partial charge in [0.05, 0.1) is 6.61 Å². The fourth-order valence-electron chi connectivity index (χ4n) is 5.77. The molecule has 0 spiro atoms. The zero-order valence-corrected chi connectivity index (χ0v) is 28.6. The van der Waals surface area contributed by atoms with Crippen molar-refractivity contribution < 1.29 is 23.9 Å². The SMILES string of the molecule is CCCCCCCCC=CCCCCCCCNC(=O)NC1CCN(C(=O)CCNC(=O)C2OC(C)(C)OCC2(C)C)CC1. The van der Waals surface area contributed by atoms with Crippen LogP contribution in [0.4, 0.5) is 4.79 Å². The van der Waals surface area contributed by atoms with E-state index in [0.717, 1.165) is 25.7 Å². The Morgan fingerprint density at radius 1 is 0.795 bits per heavy atom. The van der Waals surface area contributed by atoms with Gasteiger partial charge in [0.1, 0.15) is 6.10 Å². The molecule has 44 heavy (non-hydrogen) atoms. The van der Waals surface area contributed by atoms with Crippen LogP contribution < -0.4 is 16.0 Å². The van der Waals surface area contributed by atoms with Crippen molar-refractivity contribution in [2.75, 3.05) is 32.8 Å². The number of hydrogen-bond acceptors (Lipinski definition) is 5. The van der Waals surface area contributed by atoms with E-state index < -0.39 is 17.3 Å².